The number of hydrogen-bond acceptors (Lipinski definition) is 7. The molecule has 0 aliphatic rings. The summed E-state index contributed by atoms with van der Waals surface area (Å²) in [7, 11) is 1.65. The van der Waals surface area contributed by atoms with Crippen LogP contribution in [-0.2, 0) is 11.3 Å². The quantitative estimate of drug-likeness (QED) is 0.352. The van der Waals surface area contributed by atoms with Crippen LogP contribution in [0.5, 0.6) is 5.75 Å². The van der Waals surface area contributed by atoms with E-state index in [1.807, 2.05) is 47.2 Å². The first-order chi connectivity index (χ1) is 16.5. The van der Waals surface area contributed by atoms with Gasteiger partial charge in [0.1, 0.15) is 17.1 Å². The number of thiophene rings is 2. The second kappa shape index (κ2) is 10.9. The van der Waals surface area contributed by atoms with Gasteiger partial charge in [-0.05, 0) is 42.2 Å². The molecule has 0 fully saturated rings. The third-order valence-electron chi connectivity index (χ3n) is 5.89. The van der Waals surface area contributed by atoms with E-state index in [0.717, 1.165) is 34.8 Å². The second-order valence-electron chi connectivity index (χ2n) is 7.80. The molecule has 178 valence electrons. The molecule has 0 radical (unpaired) electrons. The van der Waals surface area contributed by atoms with Crippen molar-refractivity contribution in [3.05, 3.63) is 69.4 Å². The summed E-state index contributed by atoms with van der Waals surface area (Å²) in [6, 6.07) is 11.9. The van der Waals surface area contributed by atoms with Gasteiger partial charge in [-0.15, -0.1) is 22.7 Å². The van der Waals surface area contributed by atoms with Gasteiger partial charge in [0.05, 0.1) is 24.9 Å². The number of fused-ring (bicyclic) bond motifs is 1. The molecule has 1 amide bonds. The smallest absolute Gasteiger partial charge is 0.263 e. The Morgan fingerprint density at radius 1 is 1.21 bits per heavy atom. The SMILES string of the molecule is CCN(CC)C(CNC(=O)Cn1cnc2scc(-c3cccs3)c2c1=O)c1cccc(OC)c1. The number of nitrogens with zero attached hydrogens (tertiary/aromatic N) is 3. The van der Waals surface area contributed by atoms with E-state index in [1.54, 1.807) is 18.4 Å². The maximum absolute atomic E-state index is 13.2. The lowest BCUT2D eigenvalue weighted by Crippen LogP contribution is -2.40. The van der Waals surface area contributed by atoms with Gasteiger partial charge in [-0.3, -0.25) is 19.1 Å². The standard InChI is InChI=1S/C25H28N4O3S2/c1-4-28(5-2)20(17-8-6-9-18(12-17)32-3)13-26-22(30)14-29-16-27-24-23(25(29)31)19(15-34-24)21-10-7-11-33-21/h6-12,15-16,20H,4-5,13-14H2,1-3H3,(H,26,30). The predicted molar refractivity (Wildman–Crippen MR) is 139 cm³/mol. The minimum Gasteiger partial charge on any atom is -0.497 e. The van der Waals surface area contributed by atoms with Crippen LogP contribution in [0.3, 0.4) is 0 Å². The van der Waals surface area contributed by atoms with Crippen molar-refractivity contribution in [3.63, 3.8) is 0 Å². The molecule has 1 N–H and O–H groups in total. The number of methoxy groups -OCH3 is 1. The zero-order valence-corrected chi connectivity index (χ0v) is 21.1. The lowest BCUT2D eigenvalue weighted by atomic mass is 10.0. The van der Waals surface area contributed by atoms with Gasteiger partial charge in [0.15, 0.2) is 0 Å². The highest BCUT2D eigenvalue weighted by atomic mass is 32.1. The molecule has 4 aromatic rings. The molecule has 1 aromatic carbocycles. The third-order valence-corrected chi connectivity index (χ3v) is 7.68. The summed E-state index contributed by atoms with van der Waals surface area (Å²) in [6.45, 7) is 6.24. The molecule has 3 aromatic heterocycles. The van der Waals surface area contributed by atoms with E-state index in [1.165, 1.54) is 22.2 Å². The highest BCUT2D eigenvalue weighted by Gasteiger charge is 2.20. The van der Waals surface area contributed by atoms with Crippen LogP contribution in [0.4, 0.5) is 0 Å². The van der Waals surface area contributed by atoms with Gasteiger partial charge >= 0.3 is 0 Å². The van der Waals surface area contributed by atoms with Crippen LogP contribution in [-0.4, -0.2) is 47.1 Å². The van der Waals surface area contributed by atoms with Crippen molar-refractivity contribution in [2.45, 2.75) is 26.4 Å². The molecule has 1 atom stereocenters. The maximum atomic E-state index is 13.2. The molecule has 0 aliphatic heterocycles. The fourth-order valence-corrected chi connectivity index (χ4v) is 5.81. The van der Waals surface area contributed by atoms with Crippen molar-refractivity contribution in [3.8, 4) is 16.2 Å². The van der Waals surface area contributed by atoms with Crippen molar-refractivity contribution in [2.24, 2.45) is 0 Å². The number of aromatic nitrogens is 2. The summed E-state index contributed by atoms with van der Waals surface area (Å²) in [5.74, 6) is 0.556. The van der Waals surface area contributed by atoms with Gasteiger partial charge in [0.2, 0.25) is 5.91 Å². The molecule has 0 bridgehead atoms. The summed E-state index contributed by atoms with van der Waals surface area (Å²) in [6.07, 6.45) is 1.46. The molecule has 0 spiro atoms. The number of nitrogens with one attached hydrogen (secondary N) is 1. The maximum Gasteiger partial charge on any atom is 0.263 e. The highest BCUT2D eigenvalue weighted by Crippen LogP contribution is 2.33. The molecule has 3 heterocycles. The molecule has 0 saturated heterocycles. The van der Waals surface area contributed by atoms with Gasteiger partial charge in [-0.25, -0.2) is 4.98 Å². The molecular weight excluding hydrogens is 468 g/mol. The minimum absolute atomic E-state index is 0.00585. The topological polar surface area (TPSA) is 76.5 Å². The molecule has 0 saturated carbocycles. The number of benzene rings is 1. The second-order valence-corrected chi connectivity index (χ2v) is 9.61. The first-order valence-electron chi connectivity index (χ1n) is 11.2. The number of rotatable bonds is 10. The Labute approximate surface area is 206 Å². The van der Waals surface area contributed by atoms with Crippen LogP contribution >= 0.6 is 22.7 Å². The van der Waals surface area contributed by atoms with E-state index in [0.29, 0.717) is 16.8 Å². The third kappa shape index (κ3) is 5.06. The van der Waals surface area contributed by atoms with E-state index in [9.17, 15) is 9.59 Å². The normalized spacial score (nSPS) is 12.2. The summed E-state index contributed by atoms with van der Waals surface area (Å²) >= 11 is 3.02. The van der Waals surface area contributed by atoms with Crippen LogP contribution in [0.2, 0.25) is 0 Å². The first-order valence-corrected chi connectivity index (χ1v) is 13.0. The highest BCUT2D eigenvalue weighted by molar-refractivity contribution is 7.18. The van der Waals surface area contributed by atoms with Crippen molar-refractivity contribution in [1.82, 2.24) is 19.8 Å². The van der Waals surface area contributed by atoms with Crippen molar-refractivity contribution >= 4 is 38.8 Å². The number of carbonyl (C=O) groups is 1. The average molecular weight is 497 g/mol. The largest absolute Gasteiger partial charge is 0.497 e. The Hall–Kier alpha value is -3.01. The Balaban J connectivity index is 1.52. The molecule has 1 unspecified atom stereocenters. The van der Waals surface area contributed by atoms with E-state index in [2.05, 4.69) is 29.0 Å². The predicted octanol–water partition coefficient (Wildman–Crippen LogP) is 4.39. The molecule has 4 rings (SSSR count). The summed E-state index contributed by atoms with van der Waals surface area (Å²) < 4.78 is 6.77. The van der Waals surface area contributed by atoms with Gasteiger partial charge in [-0.1, -0.05) is 32.0 Å². The lowest BCUT2D eigenvalue weighted by Gasteiger charge is -2.30. The Morgan fingerprint density at radius 3 is 2.74 bits per heavy atom. The van der Waals surface area contributed by atoms with Gasteiger partial charge < -0.3 is 10.1 Å². The van der Waals surface area contributed by atoms with E-state index in [-0.39, 0.29) is 24.1 Å². The lowest BCUT2D eigenvalue weighted by molar-refractivity contribution is -0.122. The number of likely N-dealkylation sites (N-methyl/N-ethyl adjacent to an activating group) is 1. The molecule has 7 nitrogen and oxygen atoms in total. The summed E-state index contributed by atoms with van der Waals surface area (Å²) in [5, 5.41) is 7.53. The molecular formula is C25H28N4O3S2. The van der Waals surface area contributed by atoms with Gasteiger partial charge in [0.25, 0.3) is 5.56 Å². The van der Waals surface area contributed by atoms with Crippen LogP contribution in [0, 0.1) is 0 Å². The summed E-state index contributed by atoms with van der Waals surface area (Å²) in [4.78, 5) is 34.5. The fourth-order valence-electron chi connectivity index (χ4n) is 4.09. The first kappa shape index (κ1) is 24.1. The van der Waals surface area contributed by atoms with Crippen molar-refractivity contribution in [2.75, 3.05) is 26.7 Å². The molecule has 0 aliphatic carbocycles. The summed E-state index contributed by atoms with van der Waals surface area (Å²) in [5.41, 5.74) is 1.75. The Kier molecular flexibility index (Phi) is 7.77. The van der Waals surface area contributed by atoms with Crippen molar-refractivity contribution in [1.29, 1.82) is 0 Å². The Morgan fingerprint density at radius 2 is 2.03 bits per heavy atom. The van der Waals surface area contributed by atoms with Gasteiger partial charge in [0, 0.05) is 22.4 Å². The van der Waals surface area contributed by atoms with Crippen LogP contribution in [0.1, 0.15) is 25.5 Å². The van der Waals surface area contributed by atoms with Crippen LogP contribution in [0.15, 0.2) is 58.3 Å². The van der Waals surface area contributed by atoms with E-state index >= 15 is 0 Å². The van der Waals surface area contributed by atoms with Crippen molar-refractivity contribution < 1.29 is 9.53 Å². The number of carbonyl (C=O) groups excluding carboxylic acids is 1. The molecule has 9 heteroatoms. The zero-order chi connectivity index (χ0) is 24.1. The van der Waals surface area contributed by atoms with E-state index < -0.39 is 0 Å². The Bertz CT molecular complexity index is 1310. The average Bonchev–Trinajstić information content (AvgIpc) is 3.54. The molecule has 34 heavy (non-hydrogen) atoms. The van der Waals surface area contributed by atoms with Gasteiger partial charge in [-0.2, -0.15) is 0 Å². The monoisotopic (exact) mass is 496 g/mol. The van der Waals surface area contributed by atoms with Crippen LogP contribution < -0.4 is 15.6 Å². The van der Waals surface area contributed by atoms with Crippen LogP contribution in [0.25, 0.3) is 20.7 Å². The number of hydrogen-bond donors (Lipinski definition) is 1. The minimum atomic E-state index is -0.226. The van der Waals surface area contributed by atoms with E-state index in [4.69, 9.17) is 4.74 Å². The fraction of sp³-hybridized carbons (Fsp3) is 0.320. The zero-order valence-electron chi connectivity index (χ0n) is 19.5. The number of ether oxygens (including phenoxy) is 1. The number of amides is 1.